The molecule has 0 spiro atoms. The quantitative estimate of drug-likeness (QED) is 0.617. The number of rotatable bonds is 6. The predicted molar refractivity (Wildman–Crippen MR) is 118 cm³/mol. The van der Waals surface area contributed by atoms with Crippen molar-refractivity contribution in [3.63, 3.8) is 0 Å². The molecule has 1 fully saturated rings. The molecule has 31 heavy (non-hydrogen) atoms. The van der Waals surface area contributed by atoms with E-state index >= 15 is 0 Å². The summed E-state index contributed by atoms with van der Waals surface area (Å²) in [5.74, 6) is 2.26. The summed E-state index contributed by atoms with van der Waals surface area (Å²) in [7, 11) is -1.80. The van der Waals surface area contributed by atoms with Crippen LogP contribution < -0.4 is 10.2 Å². The van der Waals surface area contributed by atoms with E-state index in [-0.39, 0.29) is 10.9 Å². The van der Waals surface area contributed by atoms with Gasteiger partial charge in [-0.25, -0.2) is 13.4 Å². The molecule has 0 aliphatic carbocycles. The normalized spacial score (nSPS) is 15.4. The van der Waals surface area contributed by atoms with Crippen molar-refractivity contribution in [1.29, 1.82) is 0 Å². The summed E-state index contributed by atoms with van der Waals surface area (Å²) in [5.41, 5.74) is 0.881. The van der Waals surface area contributed by atoms with E-state index in [1.165, 1.54) is 4.31 Å². The average Bonchev–Trinajstić information content (AvgIpc) is 3.18. The number of hydrogen-bond donors (Lipinski definition) is 1. The van der Waals surface area contributed by atoms with Crippen molar-refractivity contribution >= 4 is 27.3 Å². The number of nitrogens with zero attached hydrogens (tertiary/aromatic N) is 7. The lowest BCUT2D eigenvalue weighted by Crippen LogP contribution is -2.49. The van der Waals surface area contributed by atoms with Crippen LogP contribution in [0.2, 0.25) is 0 Å². The summed E-state index contributed by atoms with van der Waals surface area (Å²) >= 11 is 0. The van der Waals surface area contributed by atoms with Crippen LogP contribution in [0.5, 0.6) is 0 Å². The highest BCUT2D eigenvalue weighted by atomic mass is 32.2. The zero-order valence-corrected chi connectivity index (χ0v) is 18.6. The van der Waals surface area contributed by atoms with Gasteiger partial charge in [-0.1, -0.05) is 13.8 Å². The third-order valence-corrected chi connectivity index (χ3v) is 6.95. The molecule has 3 aromatic rings. The van der Waals surface area contributed by atoms with Crippen molar-refractivity contribution in [3.8, 4) is 0 Å². The predicted octanol–water partition coefficient (Wildman–Crippen LogP) is 1.98. The number of imidazole rings is 1. The maximum Gasteiger partial charge on any atom is 0.262 e. The van der Waals surface area contributed by atoms with Gasteiger partial charge in [-0.3, -0.25) is 4.98 Å². The van der Waals surface area contributed by atoms with E-state index in [0.717, 1.165) is 17.3 Å². The molecule has 10 nitrogen and oxygen atoms in total. The van der Waals surface area contributed by atoms with Crippen molar-refractivity contribution in [2.45, 2.75) is 24.8 Å². The van der Waals surface area contributed by atoms with Gasteiger partial charge in [-0.05, 0) is 24.3 Å². The Morgan fingerprint density at radius 2 is 1.71 bits per heavy atom. The molecule has 0 radical (unpaired) electrons. The summed E-state index contributed by atoms with van der Waals surface area (Å²) in [6.07, 6.45) is 5.00. The second kappa shape index (κ2) is 8.60. The fourth-order valence-electron chi connectivity index (χ4n) is 3.55. The van der Waals surface area contributed by atoms with Crippen LogP contribution in [0, 0.1) is 0 Å². The molecule has 11 heteroatoms. The van der Waals surface area contributed by atoms with Gasteiger partial charge in [0.15, 0.2) is 16.7 Å². The molecule has 1 aliphatic heterocycles. The molecular weight excluding hydrogens is 416 g/mol. The largest absolute Gasteiger partial charge is 0.352 e. The van der Waals surface area contributed by atoms with Crippen molar-refractivity contribution in [1.82, 2.24) is 29.0 Å². The average molecular weight is 443 g/mol. The highest BCUT2D eigenvalue weighted by Crippen LogP contribution is 2.22. The molecule has 0 atom stereocenters. The summed E-state index contributed by atoms with van der Waals surface area (Å²) in [6, 6.07) is 7.43. The van der Waals surface area contributed by atoms with Gasteiger partial charge < -0.3 is 14.8 Å². The summed E-state index contributed by atoms with van der Waals surface area (Å²) < 4.78 is 29.3. The van der Waals surface area contributed by atoms with E-state index in [4.69, 9.17) is 0 Å². The number of aromatic nitrogens is 5. The fourth-order valence-corrected chi connectivity index (χ4v) is 4.96. The van der Waals surface area contributed by atoms with Gasteiger partial charge in [-0.2, -0.15) is 4.31 Å². The van der Waals surface area contributed by atoms with Crippen LogP contribution in [-0.4, -0.2) is 63.6 Å². The number of nitrogens with one attached hydrogen (secondary N) is 1. The van der Waals surface area contributed by atoms with Gasteiger partial charge >= 0.3 is 0 Å². The number of pyridine rings is 1. The van der Waals surface area contributed by atoms with Crippen LogP contribution in [0.4, 0.5) is 17.3 Å². The molecule has 1 aliphatic rings. The van der Waals surface area contributed by atoms with E-state index in [1.807, 2.05) is 50.1 Å². The minimum absolute atomic E-state index is 0.110. The number of hydrogen-bond acceptors (Lipinski definition) is 8. The molecule has 4 heterocycles. The first-order chi connectivity index (χ1) is 14.8. The van der Waals surface area contributed by atoms with Gasteiger partial charge in [-0.15, -0.1) is 10.2 Å². The maximum atomic E-state index is 13.0. The SMILES string of the molecule is CC(C)c1nc(S(=O)(=O)N2CCN(c3ccc(Nc4ccncc4)nn3)CC2)cn1C. The lowest BCUT2D eigenvalue weighted by Gasteiger charge is -2.34. The van der Waals surface area contributed by atoms with Gasteiger partial charge in [0.1, 0.15) is 5.82 Å². The van der Waals surface area contributed by atoms with E-state index < -0.39 is 10.0 Å². The van der Waals surface area contributed by atoms with Gasteiger partial charge in [0.05, 0.1) is 0 Å². The van der Waals surface area contributed by atoms with Crippen LogP contribution >= 0.6 is 0 Å². The first-order valence-corrected chi connectivity index (χ1v) is 11.6. The van der Waals surface area contributed by atoms with Gasteiger partial charge in [0.2, 0.25) is 0 Å². The molecular formula is C20H26N8O2S. The minimum atomic E-state index is -3.62. The molecule has 4 rings (SSSR count). The number of piperazine rings is 1. The fraction of sp³-hybridized carbons (Fsp3) is 0.400. The Balaban J connectivity index is 1.39. The van der Waals surface area contributed by atoms with Crippen LogP contribution in [0.3, 0.4) is 0 Å². The molecule has 1 saturated heterocycles. The summed E-state index contributed by atoms with van der Waals surface area (Å²) in [6.45, 7) is 5.81. The van der Waals surface area contributed by atoms with Crippen LogP contribution in [0.25, 0.3) is 0 Å². The van der Waals surface area contributed by atoms with E-state index in [1.54, 1.807) is 23.2 Å². The molecule has 0 amide bonds. The van der Waals surface area contributed by atoms with E-state index in [2.05, 4.69) is 25.5 Å². The maximum absolute atomic E-state index is 13.0. The zero-order valence-electron chi connectivity index (χ0n) is 17.8. The molecule has 0 aromatic carbocycles. The third-order valence-electron chi connectivity index (χ3n) is 5.18. The Kier molecular flexibility index (Phi) is 5.88. The lowest BCUT2D eigenvalue weighted by atomic mass is 10.2. The van der Waals surface area contributed by atoms with Crippen LogP contribution in [0.1, 0.15) is 25.6 Å². The first-order valence-electron chi connectivity index (χ1n) is 10.1. The van der Waals surface area contributed by atoms with Crippen LogP contribution in [-0.2, 0) is 17.1 Å². The first kappa shape index (κ1) is 21.2. The Bertz CT molecular complexity index is 1120. The third kappa shape index (κ3) is 4.52. The van der Waals surface area contributed by atoms with Crippen molar-refractivity contribution in [2.24, 2.45) is 7.05 Å². The summed E-state index contributed by atoms with van der Waals surface area (Å²) in [4.78, 5) is 10.4. The summed E-state index contributed by atoms with van der Waals surface area (Å²) in [5, 5.41) is 11.8. The molecule has 0 saturated carbocycles. The van der Waals surface area contributed by atoms with E-state index in [0.29, 0.717) is 32.0 Å². The highest BCUT2D eigenvalue weighted by Gasteiger charge is 2.31. The molecule has 1 N–H and O–H groups in total. The Morgan fingerprint density at radius 3 is 2.29 bits per heavy atom. The second-order valence-corrected chi connectivity index (χ2v) is 9.62. The van der Waals surface area contributed by atoms with E-state index in [9.17, 15) is 8.42 Å². The molecule has 0 unspecified atom stereocenters. The Morgan fingerprint density at radius 1 is 1.00 bits per heavy atom. The van der Waals surface area contributed by atoms with Crippen LogP contribution in [0.15, 0.2) is 47.9 Å². The smallest absolute Gasteiger partial charge is 0.262 e. The van der Waals surface area contributed by atoms with Gasteiger partial charge in [0.25, 0.3) is 10.0 Å². The number of aryl methyl sites for hydroxylation is 1. The highest BCUT2D eigenvalue weighted by molar-refractivity contribution is 7.89. The monoisotopic (exact) mass is 442 g/mol. The van der Waals surface area contributed by atoms with Crippen molar-refractivity contribution in [3.05, 3.63) is 48.7 Å². The minimum Gasteiger partial charge on any atom is -0.352 e. The lowest BCUT2D eigenvalue weighted by molar-refractivity contribution is 0.382. The number of anilines is 3. The topological polar surface area (TPSA) is 109 Å². The van der Waals surface area contributed by atoms with Crippen molar-refractivity contribution < 1.29 is 8.42 Å². The second-order valence-electron chi connectivity index (χ2n) is 7.73. The van der Waals surface area contributed by atoms with Gasteiger partial charge in [0, 0.05) is 63.4 Å². The Hall–Kier alpha value is -3.05. The Labute approximate surface area is 182 Å². The zero-order chi connectivity index (χ0) is 22.0. The standard InChI is InChI=1S/C20H26N8O2S/c1-15(2)20-23-19(14-26(20)3)31(29,30)28-12-10-27(11-13-28)18-5-4-17(24-25-18)22-16-6-8-21-9-7-16/h4-9,14-15H,10-13H2,1-3H3,(H,21,22,24). The molecule has 3 aromatic heterocycles. The number of sulfonamides is 1. The van der Waals surface area contributed by atoms with Crippen molar-refractivity contribution in [2.75, 3.05) is 36.4 Å². The molecule has 0 bridgehead atoms. The molecule has 164 valence electrons.